The third kappa shape index (κ3) is 3.97. The van der Waals surface area contributed by atoms with Gasteiger partial charge >= 0.3 is 0 Å². The van der Waals surface area contributed by atoms with E-state index in [4.69, 9.17) is 4.99 Å². The van der Waals surface area contributed by atoms with Gasteiger partial charge < -0.3 is 0 Å². The lowest BCUT2D eigenvalue weighted by Crippen LogP contribution is -2.02. The van der Waals surface area contributed by atoms with Gasteiger partial charge in [-0.05, 0) is 28.5 Å². The lowest BCUT2D eigenvalue weighted by Gasteiger charge is -2.15. The van der Waals surface area contributed by atoms with Crippen LogP contribution < -0.4 is 0 Å². The highest BCUT2D eigenvalue weighted by Gasteiger charge is 2.15. The molecule has 150 valence electrons. The summed E-state index contributed by atoms with van der Waals surface area (Å²) >= 11 is 0. The maximum Gasteiger partial charge on any atom is 0.0781 e. The molecule has 1 heterocycles. The minimum atomic E-state index is 0.254. The van der Waals surface area contributed by atoms with Crippen LogP contribution in [0.1, 0.15) is 36.0 Å². The molecule has 0 N–H and O–H groups in total. The first-order valence-electron chi connectivity index (χ1n) is 10.7. The third-order valence-corrected chi connectivity index (χ3v) is 5.82. The minimum absolute atomic E-state index is 0.254. The molecule has 0 saturated carbocycles. The molecule has 0 aromatic heterocycles. The van der Waals surface area contributed by atoms with E-state index in [1.807, 2.05) is 18.3 Å². The number of hydrogen-bond acceptors (Lipinski definition) is 2. The first-order chi connectivity index (χ1) is 15.3. The third-order valence-electron chi connectivity index (χ3n) is 5.82. The van der Waals surface area contributed by atoms with E-state index in [9.17, 15) is 0 Å². The van der Waals surface area contributed by atoms with Gasteiger partial charge in [0.05, 0.1) is 11.4 Å². The molecular weight excluding hydrogens is 376 g/mol. The van der Waals surface area contributed by atoms with Gasteiger partial charge in [-0.15, -0.1) is 0 Å². The van der Waals surface area contributed by atoms with E-state index < -0.39 is 0 Å². The molecule has 0 fully saturated rings. The van der Waals surface area contributed by atoms with Crippen molar-refractivity contribution < 1.29 is 0 Å². The topological polar surface area (TPSA) is 24.7 Å². The average Bonchev–Trinajstić information content (AvgIpc) is 3.38. The maximum atomic E-state index is 5.12. The van der Waals surface area contributed by atoms with Crippen LogP contribution in [0.4, 0.5) is 5.69 Å². The summed E-state index contributed by atoms with van der Waals surface area (Å²) in [6.07, 6.45) is 5.13. The molecule has 0 aliphatic carbocycles. The standard InChI is InChI=1S/C29H24N2/c1-21(28-16-9-19-30-28)26-15-8-14-22-17-18-25(20-27(22)26)31-29(23-10-4-2-5-11-23)24-12-6-3-7-13-24/h2-8,10-21H,9H2,1H3. The van der Waals surface area contributed by atoms with Gasteiger partial charge in [0.1, 0.15) is 0 Å². The average molecular weight is 401 g/mol. The Hall–Kier alpha value is -3.78. The second-order valence-electron chi connectivity index (χ2n) is 7.84. The Morgan fingerprint density at radius 3 is 2.16 bits per heavy atom. The van der Waals surface area contributed by atoms with Crippen LogP contribution in [-0.2, 0) is 0 Å². The highest BCUT2D eigenvalue weighted by Crippen LogP contribution is 2.34. The zero-order chi connectivity index (χ0) is 21.0. The van der Waals surface area contributed by atoms with Gasteiger partial charge in [-0.2, -0.15) is 0 Å². The number of allylic oxidation sites excluding steroid dienone is 2. The Bertz CT molecular complexity index is 1260. The van der Waals surface area contributed by atoms with E-state index in [2.05, 4.69) is 103 Å². The number of rotatable bonds is 5. The fourth-order valence-electron chi connectivity index (χ4n) is 4.18. The molecule has 0 spiro atoms. The highest BCUT2D eigenvalue weighted by molar-refractivity contribution is 6.14. The molecule has 1 atom stereocenters. The van der Waals surface area contributed by atoms with Crippen molar-refractivity contribution in [1.29, 1.82) is 0 Å². The van der Waals surface area contributed by atoms with Crippen molar-refractivity contribution in [3.63, 3.8) is 0 Å². The van der Waals surface area contributed by atoms with Crippen LogP contribution in [-0.4, -0.2) is 11.9 Å². The quantitative estimate of drug-likeness (QED) is 0.310. The number of hydrogen-bond donors (Lipinski definition) is 0. The van der Waals surface area contributed by atoms with E-state index >= 15 is 0 Å². The van der Waals surface area contributed by atoms with Crippen molar-refractivity contribution in [3.8, 4) is 0 Å². The number of nitrogens with zero attached hydrogens (tertiary/aromatic N) is 2. The highest BCUT2D eigenvalue weighted by atomic mass is 14.8. The Morgan fingerprint density at radius 1 is 0.806 bits per heavy atom. The molecule has 0 amide bonds. The monoisotopic (exact) mass is 400 g/mol. The van der Waals surface area contributed by atoms with Gasteiger partial charge in [0.15, 0.2) is 0 Å². The number of benzene rings is 4. The van der Waals surface area contributed by atoms with Gasteiger partial charge in [-0.1, -0.05) is 97.9 Å². The summed E-state index contributed by atoms with van der Waals surface area (Å²) in [6.45, 7) is 2.23. The lowest BCUT2D eigenvalue weighted by molar-refractivity contribution is 0.892. The van der Waals surface area contributed by atoms with Crippen molar-refractivity contribution in [2.45, 2.75) is 19.3 Å². The molecule has 5 rings (SSSR count). The van der Waals surface area contributed by atoms with Crippen molar-refractivity contribution in [2.75, 3.05) is 0 Å². The molecule has 31 heavy (non-hydrogen) atoms. The summed E-state index contributed by atoms with van der Waals surface area (Å²) in [7, 11) is 0. The predicted molar refractivity (Wildman–Crippen MR) is 132 cm³/mol. The van der Waals surface area contributed by atoms with E-state index in [0.717, 1.165) is 34.6 Å². The molecule has 4 aromatic rings. The van der Waals surface area contributed by atoms with Gasteiger partial charge in [-0.25, -0.2) is 4.99 Å². The molecule has 0 saturated heterocycles. The Morgan fingerprint density at radius 2 is 1.52 bits per heavy atom. The summed E-state index contributed by atoms with van der Waals surface area (Å²) < 4.78 is 0. The molecule has 2 heteroatoms. The molecule has 1 aliphatic heterocycles. The van der Waals surface area contributed by atoms with Crippen molar-refractivity contribution in [1.82, 2.24) is 0 Å². The van der Waals surface area contributed by atoms with Gasteiger partial charge in [0, 0.05) is 35.4 Å². The normalized spacial score (nSPS) is 13.8. The summed E-state index contributed by atoms with van der Waals surface area (Å²) in [4.78, 5) is 9.70. The molecular formula is C29H24N2. The maximum absolute atomic E-state index is 5.12. The first kappa shape index (κ1) is 19.2. The number of fused-ring (bicyclic) bond motifs is 1. The molecule has 1 unspecified atom stereocenters. The Labute approximate surface area is 183 Å². The molecule has 1 aliphatic rings. The second-order valence-corrected chi connectivity index (χ2v) is 7.84. The van der Waals surface area contributed by atoms with E-state index in [1.54, 1.807) is 0 Å². The summed E-state index contributed by atoms with van der Waals surface area (Å²) in [5.41, 5.74) is 6.60. The lowest BCUT2D eigenvalue weighted by atomic mass is 9.92. The molecule has 4 aromatic carbocycles. The summed E-state index contributed by atoms with van der Waals surface area (Å²) in [6, 6.07) is 33.8. The summed E-state index contributed by atoms with van der Waals surface area (Å²) in [5.74, 6) is 0.254. The van der Waals surface area contributed by atoms with Crippen LogP contribution >= 0.6 is 0 Å². The van der Waals surface area contributed by atoms with Crippen molar-refractivity contribution >= 4 is 28.4 Å². The van der Waals surface area contributed by atoms with E-state index in [0.29, 0.717) is 0 Å². The Kier molecular flexibility index (Phi) is 5.28. The zero-order valence-electron chi connectivity index (χ0n) is 17.6. The molecule has 0 bridgehead atoms. The zero-order valence-corrected chi connectivity index (χ0v) is 17.6. The van der Waals surface area contributed by atoms with Gasteiger partial charge in [0.25, 0.3) is 0 Å². The second kappa shape index (κ2) is 8.53. The summed E-state index contributed by atoms with van der Waals surface area (Å²) in [5, 5.41) is 2.46. The SMILES string of the molecule is CC(C1=CCC=N1)c1cccc2ccc(N=C(c3ccccc3)c3ccccc3)cc12. The van der Waals surface area contributed by atoms with Crippen LogP contribution in [0.3, 0.4) is 0 Å². The van der Waals surface area contributed by atoms with Crippen LogP contribution in [0.25, 0.3) is 10.8 Å². The van der Waals surface area contributed by atoms with Crippen LogP contribution in [0.2, 0.25) is 0 Å². The van der Waals surface area contributed by atoms with Crippen LogP contribution in [0.5, 0.6) is 0 Å². The van der Waals surface area contributed by atoms with Crippen molar-refractivity contribution in [2.24, 2.45) is 9.98 Å². The molecule has 0 radical (unpaired) electrons. The van der Waals surface area contributed by atoms with Gasteiger partial charge in [-0.3, -0.25) is 4.99 Å². The van der Waals surface area contributed by atoms with Crippen LogP contribution in [0, 0.1) is 0 Å². The largest absolute Gasteiger partial charge is 0.265 e. The fraction of sp³-hybridized carbons (Fsp3) is 0.103. The van der Waals surface area contributed by atoms with Crippen LogP contribution in [0.15, 0.2) is 119 Å². The predicted octanol–water partition coefficient (Wildman–Crippen LogP) is 7.47. The Balaban J connectivity index is 1.64. The van der Waals surface area contributed by atoms with E-state index in [-0.39, 0.29) is 5.92 Å². The van der Waals surface area contributed by atoms with Crippen molar-refractivity contribution in [3.05, 3.63) is 126 Å². The van der Waals surface area contributed by atoms with E-state index in [1.165, 1.54) is 16.3 Å². The minimum Gasteiger partial charge on any atom is -0.265 e. The first-order valence-corrected chi connectivity index (χ1v) is 10.7. The fourth-order valence-corrected chi connectivity index (χ4v) is 4.18. The number of aliphatic imine (C=N–C) groups is 2. The molecule has 2 nitrogen and oxygen atoms in total. The smallest absolute Gasteiger partial charge is 0.0781 e. The van der Waals surface area contributed by atoms with Gasteiger partial charge in [0.2, 0.25) is 0 Å².